The van der Waals surface area contributed by atoms with Gasteiger partial charge in [0.2, 0.25) is 12.3 Å². The van der Waals surface area contributed by atoms with E-state index in [0.717, 1.165) is 17.2 Å². The summed E-state index contributed by atoms with van der Waals surface area (Å²) in [6.07, 6.45) is -0.251. The van der Waals surface area contributed by atoms with Gasteiger partial charge in [-0.2, -0.15) is 10.3 Å². The van der Waals surface area contributed by atoms with E-state index in [1.54, 1.807) is 19.1 Å². The van der Waals surface area contributed by atoms with Crippen molar-refractivity contribution in [3.63, 3.8) is 0 Å². The van der Waals surface area contributed by atoms with Gasteiger partial charge in [0.05, 0.1) is 19.2 Å². The summed E-state index contributed by atoms with van der Waals surface area (Å²) in [6, 6.07) is 19.6. The average Bonchev–Trinajstić information content (AvgIpc) is 2.98. The molecule has 1 fully saturated rings. The average molecular weight is 591 g/mol. The number of aromatic hydroxyl groups is 1. The Morgan fingerprint density at radius 3 is 2.51 bits per heavy atom. The number of halogens is 2. The van der Waals surface area contributed by atoms with Crippen LogP contribution in [0.25, 0.3) is 0 Å². The maximum absolute atomic E-state index is 14.5. The predicted molar refractivity (Wildman–Crippen MR) is 152 cm³/mol. The number of phenolic OH excluding ortho intramolecular Hbond substituents is 1. The standard InChI is InChI=1S/C31H32F2N6O4/c1-22(15-23-7-11-27(41)12-8-23)38-29(19-36(21-40)18-25-9-10-26(32)16-28(25)33)39(37(14-13-34)20-30(38)42)31(43)35-17-24-5-3-2-4-6-24/h2-12,16,21-22,29,41H,14-15,17-20H2,1H3,(H,35,43)/t22?,29-/m0/s1. The van der Waals surface area contributed by atoms with Gasteiger partial charge in [-0.05, 0) is 42.7 Å². The number of hydrazine groups is 1. The maximum Gasteiger partial charge on any atom is 0.334 e. The van der Waals surface area contributed by atoms with Crippen LogP contribution in [0.1, 0.15) is 23.6 Å². The number of nitriles is 1. The number of nitrogens with one attached hydrogen (secondary N) is 1. The van der Waals surface area contributed by atoms with E-state index in [1.807, 2.05) is 36.4 Å². The third-order valence-corrected chi connectivity index (χ3v) is 7.14. The summed E-state index contributed by atoms with van der Waals surface area (Å²) >= 11 is 0. The zero-order valence-electron chi connectivity index (χ0n) is 23.6. The van der Waals surface area contributed by atoms with Gasteiger partial charge in [-0.15, -0.1) is 0 Å². The Kier molecular flexibility index (Phi) is 10.2. The van der Waals surface area contributed by atoms with E-state index in [0.29, 0.717) is 18.9 Å². The molecule has 1 unspecified atom stereocenters. The van der Waals surface area contributed by atoms with Gasteiger partial charge in [0.15, 0.2) is 0 Å². The summed E-state index contributed by atoms with van der Waals surface area (Å²) in [5, 5.41) is 24.6. The molecule has 4 amide bonds. The minimum atomic E-state index is -1.08. The lowest BCUT2D eigenvalue weighted by atomic mass is 10.0. The van der Waals surface area contributed by atoms with Gasteiger partial charge in [-0.3, -0.25) is 9.59 Å². The summed E-state index contributed by atoms with van der Waals surface area (Å²) in [7, 11) is 0. The molecule has 0 spiro atoms. The molecule has 12 heteroatoms. The quantitative estimate of drug-likeness (QED) is 0.261. The second-order valence-electron chi connectivity index (χ2n) is 10.2. The molecular weight excluding hydrogens is 558 g/mol. The number of hydrogen-bond donors (Lipinski definition) is 2. The number of benzene rings is 3. The van der Waals surface area contributed by atoms with Gasteiger partial charge < -0.3 is 20.2 Å². The zero-order valence-corrected chi connectivity index (χ0v) is 23.6. The molecule has 3 aromatic rings. The molecule has 3 aromatic carbocycles. The van der Waals surface area contributed by atoms with Crippen LogP contribution in [0.4, 0.5) is 13.6 Å². The molecule has 224 valence electrons. The Morgan fingerprint density at radius 2 is 1.86 bits per heavy atom. The van der Waals surface area contributed by atoms with Gasteiger partial charge in [0.1, 0.15) is 30.1 Å². The third-order valence-electron chi connectivity index (χ3n) is 7.14. The topological polar surface area (TPSA) is 120 Å². The minimum absolute atomic E-state index is 0.0493. The van der Waals surface area contributed by atoms with Crippen LogP contribution < -0.4 is 5.32 Å². The fraction of sp³-hybridized carbons (Fsp3) is 0.290. The maximum atomic E-state index is 14.5. The molecule has 43 heavy (non-hydrogen) atoms. The summed E-state index contributed by atoms with van der Waals surface area (Å²) in [5.41, 5.74) is 1.69. The first-order chi connectivity index (χ1) is 20.7. The summed E-state index contributed by atoms with van der Waals surface area (Å²) in [6.45, 7) is 0.928. The zero-order chi connectivity index (χ0) is 30.9. The van der Waals surface area contributed by atoms with Crippen molar-refractivity contribution in [2.24, 2.45) is 0 Å². The fourth-order valence-electron chi connectivity index (χ4n) is 5.12. The summed E-state index contributed by atoms with van der Waals surface area (Å²) in [4.78, 5) is 42.3. The van der Waals surface area contributed by atoms with Crippen molar-refractivity contribution in [1.29, 1.82) is 5.26 Å². The molecule has 1 aliphatic rings. The van der Waals surface area contributed by atoms with E-state index in [1.165, 1.54) is 38.0 Å². The van der Waals surface area contributed by atoms with Gasteiger partial charge in [-0.1, -0.05) is 48.5 Å². The van der Waals surface area contributed by atoms with Crippen LogP contribution in [0.3, 0.4) is 0 Å². The van der Waals surface area contributed by atoms with Crippen LogP contribution in [0, 0.1) is 23.0 Å². The summed E-state index contributed by atoms with van der Waals surface area (Å²) < 4.78 is 28.0. The van der Waals surface area contributed by atoms with Crippen LogP contribution in [0.15, 0.2) is 72.8 Å². The molecule has 0 saturated carbocycles. The lowest BCUT2D eigenvalue weighted by molar-refractivity contribution is -0.172. The van der Waals surface area contributed by atoms with Crippen LogP contribution in [0.5, 0.6) is 5.75 Å². The second kappa shape index (κ2) is 14.2. The molecule has 0 aromatic heterocycles. The Morgan fingerprint density at radius 1 is 1.14 bits per heavy atom. The Hall–Kier alpha value is -5.02. The fourth-order valence-corrected chi connectivity index (χ4v) is 5.12. The number of urea groups is 1. The van der Waals surface area contributed by atoms with E-state index >= 15 is 0 Å². The first-order valence-corrected chi connectivity index (χ1v) is 13.6. The van der Waals surface area contributed by atoms with Crippen molar-refractivity contribution >= 4 is 18.3 Å². The minimum Gasteiger partial charge on any atom is -0.508 e. The number of amides is 4. The molecule has 1 heterocycles. The van der Waals surface area contributed by atoms with Crippen molar-refractivity contribution in [3.05, 3.63) is 101 Å². The highest BCUT2D eigenvalue weighted by molar-refractivity contribution is 5.83. The van der Waals surface area contributed by atoms with E-state index in [2.05, 4.69) is 5.32 Å². The third kappa shape index (κ3) is 7.84. The highest BCUT2D eigenvalue weighted by Crippen LogP contribution is 2.24. The largest absolute Gasteiger partial charge is 0.508 e. The van der Waals surface area contributed by atoms with Crippen molar-refractivity contribution in [2.75, 3.05) is 19.6 Å². The molecule has 4 rings (SSSR count). The van der Waals surface area contributed by atoms with E-state index in [4.69, 9.17) is 0 Å². The normalized spacial score (nSPS) is 16.0. The Balaban J connectivity index is 1.68. The number of rotatable bonds is 11. The van der Waals surface area contributed by atoms with Gasteiger partial charge >= 0.3 is 6.03 Å². The van der Waals surface area contributed by atoms with E-state index in [-0.39, 0.29) is 49.9 Å². The van der Waals surface area contributed by atoms with Gasteiger partial charge in [-0.25, -0.2) is 18.6 Å². The lowest BCUT2D eigenvalue weighted by Crippen LogP contribution is -2.72. The van der Waals surface area contributed by atoms with Crippen LogP contribution in [-0.2, 0) is 29.1 Å². The smallest absolute Gasteiger partial charge is 0.334 e. The molecule has 0 bridgehead atoms. The van der Waals surface area contributed by atoms with Crippen molar-refractivity contribution in [1.82, 2.24) is 25.1 Å². The van der Waals surface area contributed by atoms with Crippen molar-refractivity contribution < 1.29 is 28.3 Å². The van der Waals surface area contributed by atoms with Crippen molar-refractivity contribution in [2.45, 2.75) is 38.6 Å². The van der Waals surface area contributed by atoms with Gasteiger partial charge in [0.25, 0.3) is 0 Å². The lowest BCUT2D eigenvalue weighted by Gasteiger charge is -2.51. The predicted octanol–water partition coefficient (Wildman–Crippen LogP) is 3.38. The molecule has 1 aliphatic heterocycles. The van der Waals surface area contributed by atoms with Crippen LogP contribution in [-0.4, -0.2) is 75.1 Å². The van der Waals surface area contributed by atoms with Crippen LogP contribution in [0.2, 0.25) is 0 Å². The molecular formula is C31H32F2N6O4. The number of phenols is 1. The molecule has 2 N–H and O–H groups in total. The summed E-state index contributed by atoms with van der Waals surface area (Å²) in [5.74, 6) is -1.89. The number of carbonyl (C=O) groups excluding carboxylic acids is 3. The van der Waals surface area contributed by atoms with E-state index in [9.17, 15) is 33.5 Å². The van der Waals surface area contributed by atoms with Crippen molar-refractivity contribution in [3.8, 4) is 11.8 Å². The number of nitrogens with zero attached hydrogens (tertiary/aromatic N) is 5. The molecule has 2 atom stereocenters. The van der Waals surface area contributed by atoms with Gasteiger partial charge in [0, 0.05) is 30.8 Å². The molecule has 10 nitrogen and oxygen atoms in total. The highest BCUT2D eigenvalue weighted by atomic mass is 19.1. The first kappa shape index (κ1) is 30.9. The Labute approximate surface area is 248 Å². The molecule has 0 aliphatic carbocycles. The molecule has 1 saturated heterocycles. The SMILES string of the molecule is CC(Cc1ccc(O)cc1)N1C(=O)CN(CC#N)N(C(=O)NCc2ccccc2)[C@H]1CN(C=O)Cc1ccc(F)cc1F. The number of carbonyl (C=O) groups is 3. The number of hydrogen-bond acceptors (Lipinski definition) is 6. The van der Waals surface area contributed by atoms with E-state index < -0.39 is 29.9 Å². The first-order valence-electron chi connectivity index (χ1n) is 13.6. The second-order valence-corrected chi connectivity index (χ2v) is 10.2. The monoisotopic (exact) mass is 590 g/mol. The Bertz CT molecular complexity index is 1470. The highest BCUT2D eigenvalue weighted by Gasteiger charge is 2.44. The van der Waals surface area contributed by atoms with Crippen LogP contribution >= 0.6 is 0 Å². The molecule has 0 radical (unpaired) electrons.